The van der Waals surface area contributed by atoms with Crippen molar-refractivity contribution in [1.82, 2.24) is 4.90 Å². The standard InChI is InChI=1S/C16H22N2OS2/c1-11-6-7-14(12(2)10-11)17-15(19)13(3)21-16(20)18-8-4-5-9-18/h6-7,10,13H,4-5,8-9H2,1-3H3,(H,17,19)/t13-/m1/s1. The number of amides is 1. The third-order valence-corrected chi connectivity index (χ3v) is 5.23. The van der Waals surface area contributed by atoms with E-state index in [-0.39, 0.29) is 11.2 Å². The fourth-order valence-corrected chi connectivity index (χ4v) is 3.78. The van der Waals surface area contributed by atoms with Gasteiger partial charge in [-0.15, -0.1) is 0 Å². The van der Waals surface area contributed by atoms with Gasteiger partial charge in [-0.2, -0.15) is 0 Å². The highest BCUT2D eigenvalue weighted by atomic mass is 32.2. The Labute approximate surface area is 136 Å². The molecule has 0 aliphatic carbocycles. The normalized spacial score (nSPS) is 15.9. The van der Waals surface area contributed by atoms with Crippen LogP contribution in [0.25, 0.3) is 0 Å². The maximum absolute atomic E-state index is 12.3. The van der Waals surface area contributed by atoms with Gasteiger partial charge in [0.05, 0.1) is 5.25 Å². The molecule has 0 spiro atoms. The lowest BCUT2D eigenvalue weighted by Gasteiger charge is -2.20. The number of thiocarbonyl (C=S) groups is 1. The van der Waals surface area contributed by atoms with Gasteiger partial charge < -0.3 is 10.2 Å². The van der Waals surface area contributed by atoms with Crippen LogP contribution in [-0.4, -0.2) is 33.5 Å². The number of rotatable bonds is 3. The third kappa shape index (κ3) is 4.45. The number of aryl methyl sites for hydroxylation is 2. The van der Waals surface area contributed by atoms with Crippen molar-refractivity contribution in [2.75, 3.05) is 18.4 Å². The third-order valence-electron chi connectivity index (χ3n) is 3.65. The maximum atomic E-state index is 12.3. The molecule has 1 aromatic carbocycles. The fourth-order valence-electron chi connectivity index (χ4n) is 2.37. The second-order valence-electron chi connectivity index (χ2n) is 5.53. The van der Waals surface area contributed by atoms with Crippen LogP contribution in [0.15, 0.2) is 18.2 Å². The van der Waals surface area contributed by atoms with Crippen molar-refractivity contribution < 1.29 is 4.79 Å². The molecule has 0 radical (unpaired) electrons. The van der Waals surface area contributed by atoms with Crippen LogP contribution in [0.2, 0.25) is 0 Å². The number of anilines is 1. The van der Waals surface area contributed by atoms with Crippen molar-refractivity contribution in [2.45, 2.75) is 38.9 Å². The zero-order valence-corrected chi connectivity index (χ0v) is 14.4. The molecular weight excluding hydrogens is 300 g/mol. The highest BCUT2D eigenvalue weighted by Gasteiger charge is 2.21. The molecule has 0 saturated carbocycles. The predicted octanol–water partition coefficient (Wildman–Crippen LogP) is 3.74. The molecule has 1 amide bonds. The largest absolute Gasteiger partial charge is 0.358 e. The van der Waals surface area contributed by atoms with Crippen LogP contribution in [0.5, 0.6) is 0 Å². The number of benzene rings is 1. The zero-order chi connectivity index (χ0) is 15.4. The predicted molar refractivity (Wildman–Crippen MR) is 95.0 cm³/mol. The number of hydrogen-bond donors (Lipinski definition) is 1. The van der Waals surface area contributed by atoms with Crippen molar-refractivity contribution in [1.29, 1.82) is 0 Å². The Morgan fingerprint density at radius 3 is 2.62 bits per heavy atom. The second kappa shape index (κ2) is 7.27. The van der Waals surface area contributed by atoms with Crippen molar-refractivity contribution >= 4 is 39.9 Å². The molecule has 1 heterocycles. The summed E-state index contributed by atoms with van der Waals surface area (Å²) in [6, 6.07) is 6.04. The zero-order valence-electron chi connectivity index (χ0n) is 12.8. The molecule has 1 fully saturated rings. The van der Waals surface area contributed by atoms with E-state index in [0.717, 1.165) is 28.7 Å². The number of hydrogen-bond acceptors (Lipinski definition) is 3. The van der Waals surface area contributed by atoms with Crippen LogP contribution in [0, 0.1) is 13.8 Å². The molecule has 1 aromatic rings. The Morgan fingerprint density at radius 2 is 2.00 bits per heavy atom. The molecule has 2 rings (SSSR count). The number of carbonyl (C=O) groups excluding carboxylic acids is 1. The van der Waals surface area contributed by atoms with Gasteiger partial charge >= 0.3 is 0 Å². The van der Waals surface area contributed by atoms with Gasteiger partial charge in [0.15, 0.2) is 0 Å². The van der Waals surface area contributed by atoms with E-state index in [2.05, 4.69) is 16.3 Å². The molecule has 5 heteroatoms. The van der Waals surface area contributed by atoms with Gasteiger partial charge in [0, 0.05) is 18.8 Å². The van der Waals surface area contributed by atoms with Gasteiger partial charge in [0.2, 0.25) is 5.91 Å². The Kier molecular flexibility index (Phi) is 5.65. The maximum Gasteiger partial charge on any atom is 0.237 e. The molecule has 0 bridgehead atoms. The summed E-state index contributed by atoms with van der Waals surface area (Å²) in [6.07, 6.45) is 2.40. The average molecular weight is 322 g/mol. The van der Waals surface area contributed by atoms with Gasteiger partial charge in [-0.3, -0.25) is 4.79 Å². The van der Waals surface area contributed by atoms with Crippen LogP contribution in [0.1, 0.15) is 30.9 Å². The smallest absolute Gasteiger partial charge is 0.237 e. The van der Waals surface area contributed by atoms with Crippen molar-refractivity contribution in [2.24, 2.45) is 0 Å². The molecule has 1 saturated heterocycles. The first-order valence-electron chi connectivity index (χ1n) is 7.31. The molecule has 1 aliphatic rings. The summed E-state index contributed by atoms with van der Waals surface area (Å²) in [5, 5.41) is 2.81. The molecule has 21 heavy (non-hydrogen) atoms. The fraction of sp³-hybridized carbons (Fsp3) is 0.500. The van der Waals surface area contributed by atoms with Gasteiger partial charge in [-0.1, -0.05) is 41.7 Å². The van der Waals surface area contributed by atoms with E-state index in [1.807, 2.05) is 32.9 Å². The number of thioether (sulfide) groups is 1. The summed E-state index contributed by atoms with van der Waals surface area (Å²) >= 11 is 6.90. The van der Waals surface area contributed by atoms with Crippen LogP contribution in [0.3, 0.4) is 0 Å². The average Bonchev–Trinajstić information content (AvgIpc) is 2.95. The Balaban J connectivity index is 1.91. The first-order chi connectivity index (χ1) is 9.97. The van der Waals surface area contributed by atoms with E-state index in [1.54, 1.807) is 0 Å². The number of nitrogens with one attached hydrogen (secondary N) is 1. The SMILES string of the molecule is Cc1ccc(NC(=O)[C@@H](C)SC(=S)N2CCCC2)c(C)c1. The summed E-state index contributed by atoms with van der Waals surface area (Å²) in [4.78, 5) is 14.5. The molecule has 1 aliphatic heterocycles. The van der Waals surface area contributed by atoms with Crippen molar-refractivity contribution in [3.63, 3.8) is 0 Å². The summed E-state index contributed by atoms with van der Waals surface area (Å²) in [5.74, 6) is 0.00787. The monoisotopic (exact) mass is 322 g/mol. The van der Waals surface area contributed by atoms with Gasteiger partial charge in [0.25, 0.3) is 0 Å². The molecule has 0 aromatic heterocycles. The molecule has 1 N–H and O–H groups in total. The second-order valence-corrected chi connectivity index (χ2v) is 7.50. The van der Waals surface area contributed by atoms with E-state index in [9.17, 15) is 4.79 Å². The van der Waals surface area contributed by atoms with E-state index in [4.69, 9.17) is 12.2 Å². The number of likely N-dealkylation sites (tertiary alicyclic amines) is 1. The quantitative estimate of drug-likeness (QED) is 0.859. The van der Waals surface area contributed by atoms with E-state index in [1.165, 1.54) is 30.2 Å². The van der Waals surface area contributed by atoms with E-state index in [0.29, 0.717) is 0 Å². The van der Waals surface area contributed by atoms with Crippen LogP contribution < -0.4 is 5.32 Å². The van der Waals surface area contributed by atoms with Gasteiger partial charge in [-0.25, -0.2) is 0 Å². The summed E-state index contributed by atoms with van der Waals surface area (Å²) in [5.41, 5.74) is 3.16. The molecule has 3 nitrogen and oxygen atoms in total. The lowest BCUT2D eigenvalue weighted by atomic mass is 10.1. The van der Waals surface area contributed by atoms with E-state index < -0.39 is 0 Å². The van der Waals surface area contributed by atoms with E-state index >= 15 is 0 Å². The summed E-state index contributed by atoms with van der Waals surface area (Å²) in [7, 11) is 0. The Morgan fingerprint density at radius 1 is 1.33 bits per heavy atom. The van der Waals surface area contributed by atoms with Crippen LogP contribution >= 0.6 is 24.0 Å². The summed E-state index contributed by atoms with van der Waals surface area (Å²) < 4.78 is 0.843. The van der Waals surface area contributed by atoms with Crippen LogP contribution in [-0.2, 0) is 4.79 Å². The van der Waals surface area contributed by atoms with Crippen molar-refractivity contribution in [3.05, 3.63) is 29.3 Å². The van der Waals surface area contributed by atoms with Gasteiger partial charge in [-0.05, 0) is 45.2 Å². The highest BCUT2D eigenvalue weighted by molar-refractivity contribution is 8.23. The Hall–Kier alpha value is -1.07. The minimum absolute atomic E-state index is 0.00787. The minimum atomic E-state index is -0.182. The topological polar surface area (TPSA) is 32.3 Å². The lowest BCUT2D eigenvalue weighted by Crippen LogP contribution is -2.29. The molecule has 114 valence electrons. The number of nitrogens with zero attached hydrogens (tertiary/aromatic N) is 1. The molecule has 0 unspecified atom stereocenters. The number of carbonyl (C=O) groups is 1. The van der Waals surface area contributed by atoms with Crippen LogP contribution in [0.4, 0.5) is 5.69 Å². The van der Waals surface area contributed by atoms with Crippen molar-refractivity contribution in [3.8, 4) is 0 Å². The minimum Gasteiger partial charge on any atom is -0.358 e. The molecular formula is C16H22N2OS2. The first-order valence-corrected chi connectivity index (χ1v) is 8.60. The molecule has 1 atom stereocenters. The van der Waals surface area contributed by atoms with Gasteiger partial charge in [0.1, 0.15) is 4.32 Å². The lowest BCUT2D eigenvalue weighted by molar-refractivity contribution is -0.115. The highest BCUT2D eigenvalue weighted by Crippen LogP contribution is 2.22. The first kappa shape index (κ1) is 16.3. The summed E-state index contributed by atoms with van der Waals surface area (Å²) in [6.45, 7) is 8.02. The Bertz CT molecular complexity index is 539.